The first-order valence-electron chi connectivity index (χ1n) is 7.45. The molecule has 7 nitrogen and oxygen atoms in total. The third-order valence-electron chi connectivity index (χ3n) is 3.48. The number of esters is 1. The highest BCUT2D eigenvalue weighted by molar-refractivity contribution is 7.10. The lowest BCUT2D eigenvalue weighted by Crippen LogP contribution is -2.30. The number of nitrogens with one attached hydrogen (secondary N) is 1. The molecule has 0 saturated carbocycles. The lowest BCUT2D eigenvalue weighted by Gasteiger charge is -2.15. The number of rotatable bonds is 6. The first kappa shape index (κ1) is 16.8. The summed E-state index contributed by atoms with van der Waals surface area (Å²) in [7, 11) is 1.31. The summed E-state index contributed by atoms with van der Waals surface area (Å²) >= 11 is 1.45. The molecule has 25 heavy (non-hydrogen) atoms. The predicted molar refractivity (Wildman–Crippen MR) is 90.9 cm³/mol. The third kappa shape index (κ3) is 4.10. The maximum atomic E-state index is 12.5. The normalized spacial score (nSPS) is 11.7. The Hall–Kier alpha value is -3.00. The SMILES string of the molecule is COC(=O)C[C@H](NC(=O)c1cc(-c2cccnc2)on1)c1cccs1. The molecule has 3 heterocycles. The Kier molecular flexibility index (Phi) is 5.20. The molecule has 0 unspecified atom stereocenters. The molecule has 0 saturated heterocycles. The van der Waals surface area contributed by atoms with E-state index in [4.69, 9.17) is 9.26 Å². The van der Waals surface area contributed by atoms with E-state index in [0.717, 1.165) is 10.4 Å². The molecular formula is C17H15N3O4S. The van der Waals surface area contributed by atoms with Gasteiger partial charge in [-0.2, -0.15) is 0 Å². The zero-order valence-corrected chi connectivity index (χ0v) is 14.2. The third-order valence-corrected chi connectivity index (χ3v) is 4.47. The summed E-state index contributed by atoms with van der Waals surface area (Å²) in [4.78, 5) is 28.9. The second-order valence-corrected chi connectivity index (χ2v) is 6.12. The molecule has 0 fully saturated rings. The van der Waals surface area contributed by atoms with Gasteiger partial charge in [-0.15, -0.1) is 11.3 Å². The van der Waals surface area contributed by atoms with Crippen LogP contribution >= 0.6 is 11.3 Å². The average molecular weight is 357 g/mol. The molecule has 0 aromatic carbocycles. The van der Waals surface area contributed by atoms with Crippen LogP contribution in [-0.2, 0) is 9.53 Å². The number of pyridine rings is 1. The highest BCUT2D eigenvalue weighted by Crippen LogP contribution is 2.24. The van der Waals surface area contributed by atoms with Crippen LogP contribution in [0.25, 0.3) is 11.3 Å². The van der Waals surface area contributed by atoms with Crippen LogP contribution in [-0.4, -0.2) is 29.1 Å². The van der Waals surface area contributed by atoms with E-state index in [1.165, 1.54) is 24.5 Å². The first-order chi connectivity index (χ1) is 12.2. The van der Waals surface area contributed by atoms with Crippen LogP contribution in [0.2, 0.25) is 0 Å². The van der Waals surface area contributed by atoms with Gasteiger partial charge in [0.2, 0.25) is 0 Å². The summed E-state index contributed by atoms with van der Waals surface area (Å²) in [5.41, 5.74) is 0.851. The van der Waals surface area contributed by atoms with Crippen molar-refractivity contribution >= 4 is 23.2 Å². The molecule has 3 aromatic rings. The number of methoxy groups -OCH3 is 1. The highest BCUT2D eigenvalue weighted by Gasteiger charge is 2.22. The molecule has 1 atom stereocenters. The topological polar surface area (TPSA) is 94.3 Å². The van der Waals surface area contributed by atoms with E-state index in [1.54, 1.807) is 24.5 Å². The van der Waals surface area contributed by atoms with Crippen molar-refractivity contribution in [2.75, 3.05) is 7.11 Å². The summed E-state index contributed by atoms with van der Waals surface area (Å²) < 4.78 is 9.91. The minimum Gasteiger partial charge on any atom is -0.469 e. The van der Waals surface area contributed by atoms with Crippen molar-refractivity contribution in [1.29, 1.82) is 0 Å². The van der Waals surface area contributed by atoms with E-state index < -0.39 is 17.9 Å². The summed E-state index contributed by atoms with van der Waals surface area (Å²) in [5.74, 6) is -0.394. The minimum absolute atomic E-state index is 0.0378. The number of aromatic nitrogens is 2. The van der Waals surface area contributed by atoms with Crippen LogP contribution in [0.5, 0.6) is 0 Å². The van der Waals surface area contributed by atoms with Crippen LogP contribution in [0.4, 0.5) is 0 Å². The molecular weight excluding hydrogens is 342 g/mol. The Bertz CT molecular complexity index is 846. The second kappa shape index (κ2) is 7.71. The van der Waals surface area contributed by atoms with Gasteiger partial charge >= 0.3 is 5.97 Å². The highest BCUT2D eigenvalue weighted by atomic mass is 32.1. The number of amides is 1. The fraction of sp³-hybridized carbons (Fsp3) is 0.176. The van der Waals surface area contributed by atoms with Gasteiger partial charge in [0.05, 0.1) is 19.6 Å². The summed E-state index contributed by atoms with van der Waals surface area (Å²) in [6, 6.07) is 8.33. The molecule has 3 aromatic heterocycles. The van der Waals surface area contributed by atoms with Crippen LogP contribution in [0, 0.1) is 0 Å². The number of hydrogen-bond donors (Lipinski definition) is 1. The Labute approximate surface area is 147 Å². The molecule has 3 rings (SSSR count). The first-order valence-corrected chi connectivity index (χ1v) is 8.33. The van der Waals surface area contributed by atoms with Crippen molar-refractivity contribution in [3.8, 4) is 11.3 Å². The monoisotopic (exact) mass is 357 g/mol. The van der Waals surface area contributed by atoms with Gasteiger partial charge in [0.25, 0.3) is 5.91 Å². The largest absolute Gasteiger partial charge is 0.469 e. The van der Waals surface area contributed by atoms with Crippen LogP contribution in [0.1, 0.15) is 27.8 Å². The van der Waals surface area contributed by atoms with E-state index in [0.29, 0.717) is 5.76 Å². The zero-order valence-electron chi connectivity index (χ0n) is 13.3. The number of thiophene rings is 1. The van der Waals surface area contributed by atoms with Crippen molar-refractivity contribution in [2.24, 2.45) is 0 Å². The Morgan fingerprint density at radius 2 is 2.24 bits per heavy atom. The molecule has 1 amide bonds. The molecule has 0 spiro atoms. The van der Waals surface area contributed by atoms with Crippen LogP contribution < -0.4 is 5.32 Å². The number of carbonyl (C=O) groups is 2. The van der Waals surface area contributed by atoms with Gasteiger partial charge in [-0.3, -0.25) is 14.6 Å². The van der Waals surface area contributed by atoms with Gasteiger partial charge in [0, 0.05) is 28.9 Å². The van der Waals surface area contributed by atoms with E-state index in [1.807, 2.05) is 17.5 Å². The summed E-state index contributed by atoms with van der Waals surface area (Å²) in [5, 5.41) is 8.47. The minimum atomic E-state index is -0.488. The average Bonchev–Trinajstić information content (AvgIpc) is 3.33. The smallest absolute Gasteiger partial charge is 0.307 e. The number of ether oxygens (including phenoxy) is 1. The Morgan fingerprint density at radius 1 is 1.36 bits per heavy atom. The van der Waals surface area contributed by atoms with E-state index in [2.05, 4.69) is 15.5 Å². The predicted octanol–water partition coefficient (Wildman–Crippen LogP) is 2.83. The quantitative estimate of drug-likeness (QED) is 0.682. The van der Waals surface area contributed by atoms with Gasteiger partial charge in [-0.1, -0.05) is 11.2 Å². The molecule has 128 valence electrons. The zero-order chi connectivity index (χ0) is 17.6. The Morgan fingerprint density at radius 3 is 2.92 bits per heavy atom. The van der Waals surface area contributed by atoms with Crippen molar-refractivity contribution in [1.82, 2.24) is 15.5 Å². The van der Waals surface area contributed by atoms with E-state index in [9.17, 15) is 9.59 Å². The van der Waals surface area contributed by atoms with E-state index in [-0.39, 0.29) is 12.1 Å². The van der Waals surface area contributed by atoms with Gasteiger partial charge in [-0.25, -0.2) is 0 Å². The maximum Gasteiger partial charge on any atom is 0.307 e. The van der Waals surface area contributed by atoms with Crippen LogP contribution in [0.3, 0.4) is 0 Å². The molecule has 8 heteroatoms. The molecule has 0 aliphatic heterocycles. The molecule has 0 bridgehead atoms. The number of nitrogens with zero attached hydrogens (tertiary/aromatic N) is 2. The fourth-order valence-electron chi connectivity index (χ4n) is 2.22. The van der Waals surface area contributed by atoms with Gasteiger partial charge < -0.3 is 14.6 Å². The fourth-order valence-corrected chi connectivity index (χ4v) is 3.00. The summed E-state index contributed by atoms with van der Waals surface area (Å²) in [6.07, 6.45) is 3.30. The number of carbonyl (C=O) groups excluding carboxylic acids is 2. The van der Waals surface area contributed by atoms with Crippen molar-refractivity contribution in [3.05, 3.63) is 58.7 Å². The van der Waals surface area contributed by atoms with Crippen molar-refractivity contribution in [2.45, 2.75) is 12.5 Å². The van der Waals surface area contributed by atoms with Crippen molar-refractivity contribution in [3.63, 3.8) is 0 Å². The van der Waals surface area contributed by atoms with Gasteiger partial charge in [0.1, 0.15) is 0 Å². The molecule has 0 aliphatic rings. The molecule has 0 radical (unpaired) electrons. The van der Waals surface area contributed by atoms with E-state index >= 15 is 0 Å². The Balaban J connectivity index is 1.75. The molecule has 0 aliphatic carbocycles. The lowest BCUT2D eigenvalue weighted by atomic mass is 10.1. The molecule has 1 N–H and O–H groups in total. The standard InChI is InChI=1S/C17H15N3O4S/c1-23-16(21)9-12(15-5-3-7-25-15)19-17(22)13-8-14(24-20-13)11-4-2-6-18-10-11/h2-8,10,12H,9H2,1H3,(H,19,22)/t12-/m0/s1. The second-order valence-electron chi connectivity index (χ2n) is 5.14. The lowest BCUT2D eigenvalue weighted by molar-refractivity contribution is -0.141. The van der Waals surface area contributed by atoms with Crippen molar-refractivity contribution < 1.29 is 18.8 Å². The van der Waals surface area contributed by atoms with Gasteiger partial charge in [0.15, 0.2) is 11.5 Å². The summed E-state index contributed by atoms with van der Waals surface area (Å²) in [6.45, 7) is 0. The van der Waals surface area contributed by atoms with Gasteiger partial charge in [-0.05, 0) is 23.6 Å². The number of hydrogen-bond acceptors (Lipinski definition) is 7. The maximum absolute atomic E-state index is 12.5. The van der Waals surface area contributed by atoms with Crippen LogP contribution in [0.15, 0.2) is 52.6 Å².